The highest BCUT2D eigenvalue weighted by Crippen LogP contribution is 2.22. The van der Waals surface area contributed by atoms with Gasteiger partial charge < -0.3 is 26.8 Å². The van der Waals surface area contributed by atoms with Crippen molar-refractivity contribution in [3.05, 3.63) is 29.8 Å². The molecule has 1 N–H and O–H groups in total. The Morgan fingerprint density at radius 3 is 2.48 bits per heavy atom. The minimum Gasteiger partial charge on any atom is -1.00 e. The third-order valence-electron chi connectivity index (χ3n) is 3.52. The Kier molecular flexibility index (Phi) is 7.32. The molecular weight excluding hydrogens is 290 g/mol. The van der Waals surface area contributed by atoms with Crippen LogP contribution in [-0.2, 0) is 4.74 Å². The van der Waals surface area contributed by atoms with E-state index in [1.54, 1.807) is 7.11 Å². The number of hydrazone groups is 1. The first-order chi connectivity index (χ1) is 9.76. The molecule has 1 aromatic rings. The number of hydrogen-bond donors (Lipinski definition) is 1. The third kappa shape index (κ3) is 4.79. The normalized spacial score (nSPS) is 16.8. The second kappa shape index (κ2) is 8.74. The molecular formula is C15H23ClN3O2-. The van der Waals surface area contributed by atoms with Crippen molar-refractivity contribution < 1.29 is 21.9 Å². The van der Waals surface area contributed by atoms with Crippen LogP contribution in [0, 0.1) is 0 Å². The lowest BCUT2D eigenvalue weighted by Crippen LogP contribution is -3.00. The zero-order valence-corrected chi connectivity index (χ0v) is 13.6. The van der Waals surface area contributed by atoms with Crippen molar-refractivity contribution in [2.75, 3.05) is 26.7 Å². The maximum Gasteiger partial charge on any atom is 0.212 e. The molecule has 1 aliphatic rings. The molecule has 1 aliphatic heterocycles. The lowest BCUT2D eigenvalue weighted by atomic mass is 10.2. The SMILES string of the molecule is CCN(CC)CCC1=NNC(c2ccc(OC)cc2)O1.[Cl-]. The Morgan fingerprint density at radius 1 is 1.24 bits per heavy atom. The van der Waals surface area contributed by atoms with Crippen LogP contribution >= 0.6 is 0 Å². The van der Waals surface area contributed by atoms with Crippen molar-refractivity contribution >= 4 is 5.90 Å². The number of hydrogen-bond acceptors (Lipinski definition) is 5. The highest BCUT2D eigenvalue weighted by molar-refractivity contribution is 5.77. The standard InChI is InChI=1S/C15H23N3O2.ClH/c1-4-18(5-2)11-10-14-16-17-15(20-14)12-6-8-13(19-3)9-7-12;/h6-9,15,17H,4-5,10-11H2,1-3H3;1H/p-1. The van der Waals surface area contributed by atoms with E-state index < -0.39 is 0 Å². The van der Waals surface area contributed by atoms with E-state index >= 15 is 0 Å². The van der Waals surface area contributed by atoms with Gasteiger partial charge in [-0.2, -0.15) is 0 Å². The summed E-state index contributed by atoms with van der Waals surface area (Å²) in [6.45, 7) is 7.42. The summed E-state index contributed by atoms with van der Waals surface area (Å²) in [5.74, 6) is 1.62. The molecule has 1 unspecified atom stereocenters. The summed E-state index contributed by atoms with van der Waals surface area (Å²) in [4.78, 5) is 2.35. The van der Waals surface area contributed by atoms with Gasteiger partial charge >= 0.3 is 0 Å². The minimum atomic E-state index is -0.187. The Bertz CT molecular complexity index is 447. The maximum absolute atomic E-state index is 5.83. The smallest absolute Gasteiger partial charge is 0.212 e. The van der Waals surface area contributed by atoms with Gasteiger partial charge in [-0.05, 0) is 37.4 Å². The first-order valence-corrected chi connectivity index (χ1v) is 7.11. The van der Waals surface area contributed by atoms with E-state index in [2.05, 4.69) is 29.3 Å². The van der Waals surface area contributed by atoms with E-state index in [0.29, 0.717) is 0 Å². The largest absolute Gasteiger partial charge is 1.00 e. The van der Waals surface area contributed by atoms with Crippen molar-refractivity contribution in [1.29, 1.82) is 0 Å². The molecule has 0 bridgehead atoms. The molecule has 0 saturated carbocycles. The van der Waals surface area contributed by atoms with Crippen LogP contribution in [0.3, 0.4) is 0 Å². The van der Waals surface area contributed by atoms with Gasteiger partial charge in [-0.1, -0.05) is 13.8 Å². The molecule has 1 atom stereocenters. The fourth-order valence-corrected chi connectivity index (χ4v) is 2.15. The van der Waals surface area contributed by atoms with E-state index in [4.69, 9.17) is 9.47 Å². The third-order valence-corrected chi connectivity index (χ3v) is 3.52. The second-order valence-corrected chi connectivity index (χ2v) is 4.68. The maximum atomic E-state index is 5.83. The van der Waals surface area contributed by atoms with Crippen LogP contribution in [0.5, 0.6) is 5.75 Å². The molecule has 1 heterocycles. The number of ether oxygens (including phenoxy) is 2. The van der Waals surface area contributed by atoms with Gasteiger partial charge in [0.1, 0.15) is 5.75 Å². The monoisotopic (exact) mass is 312 g/mol. The second-order valence-electron chi connectivity index (χ2n) is 4.68. The predicted molar refractivity (Wildman–Crippen MR) is 79.8 cm³/mol. The Labute approximate surface area is 132 Å². The summed E-state index contributed by atoms with van der Waals surface area (Å²) >= 11 is 0. The Balaban J connectivity index is 0.00000220. The lowest BCUT2D eigenvalue weighted by molar-refractivity contribution is -0.00000582. The summed E-state index contributed by atoms with van der Waals surface area (Å²) < 4.78 is 11.0. The van der Waals surface area contributed by atoms with Crippen LogP contribution in [0.15, 0.2) is 29.4 Å². The van der Waals surface area contributed by atoms with E-state index in [0.717, 1.165) is 43.3 Å². The van der Waals surface area contributed by atoms with Crippen LogP contribution in [0.25, 0.3) is 0 Å². The highest BCUT2D eigenvalue weighted by atomic mass is 35.5. The zero-order valence-electron chi connectivity index (χ0n) is 12.8. The molecule has 0 aliphatic carbocycles. The molecule has 0 aromatic heterocycles. The predicted octanol–water partition coefficient (Wildman–Crippen LogP) is -0.637. The van der Waals surface area contributed by atoms with Gasteiger partial charge in [0.25, 0.3) is 0 Å². The van der Waals surface area contributed by atoms with Gasteiger partial charge in [0.05, 0.1) is 7.11 Å². The topological polar surface area (TPSA) is 46.1 Å². The molecule has 0 spiro atoms. The van der Waals surface area contributed by atoms with Crippen molar-refractivity contribution in [1.82, 2.24) is 10.3 Å². The van der Waals surface area contributed by atoms with Crippen molar-refractivity contribution in [2.24, 2.45) is 5.10 Å². The van der Waals surface area contributed by atoms with E-state index in [1.807, 2.05) is 24.3 Å². The van der Waals surface area contributed by atoms with Crippen LogP contribution < -0.4 is 22.6 Å². The number of rotatable bonds is 7. The van der Waals surface area contributed by atoms with E-state index in [1.165, 1.54) is 0 Å². The summed E-state index contributed by atoms with van der Waals surface area (Å²) in [6.07, 6.45) is 0.647. The molecule has 5 nitrogen and oxygen atoms in total. The molecule has 0 radical (unpaired) electrons. The average molecular weight is 313 g/mol. The van der Waals surface area contributed by atoms with Crippen LogP contribution in [0.2, 0.25) is 0 Å². The van der Waals surface area contributed by atoms with Gasteiger partial charge in [-0.15, -0.1) is 5.10 Å². The lowest BCUT2D eigenvalue weighted by Gasteiger charge is -2.17. The first-order valence-electron chi connectivity index (χ1n) is 7.11. The molecule has 0 fully saturated rings. The van der Waals surface area contributed by atoms with Crippen LogP contribution in [0.4, 0.5) is 0 Å². The summed E-state index contributed by atoms with van der Waals surface area (Å²) in [6, 6.07) is 7.82. The molecule has 0 amide bonds. The number of benzene rings is 1. The van der Waals surface area contributed by atoms with Crippen LogP contribution in [0.1, 0.15) is 32.1 Å². The van der Waals surface area contributed by atoms with Gasteiger partial charge in [0.2, 0.25) is 12.1 Å². The Hall–Kier alpha value is -1.46. The fraction of sp³-hybridized carbons (Fsp3) is 0.533. The summed E-state index contributed by atoms with van der Waals surface area (Å²) in [5, 5.41) is 4.26. The van der Waals surface area contributed by atoms with Crippen molar-refractivity contribution in [3.8, 4) is 5.75 Å². The first kappa shape index (κ1) is 17.6. The average Bonchev–Trinajstić information content (AvgIpc) is 2.97. The van der Waals surface area contributed by atoms with Crippen molar-refractivity contribution in [3.63, 3.8) is 0 Å². The quantitative estimate of drug-likeness (QED) is 0.728. The highest BCUT2D eigenvalue weighted by Gasteiger charge is 2.21. The minimum absolute atomic E-state index is 0. The molecule has 2 rings (SSSR count). The van der Waals surface area contributed by atoms with Crippen molar-refractivity contribution in [2.45, 2.75) is 26.5 Å². The zero-order chi connectivity index (χ0) is 14.4. The molecule has 21 heavy (non-hydrogen) atoms. The summed E-state index contributed by atoms with van der Waals surface area (Å²) in [7, 11) is 1.66. The molecule has 1 aromatic carbocycles. The fourth-order valence-electron chi connectivity index (χ4n) is 2.15. The number of nitrogens with one attached hydrogen (secondary N) is 1. The van der Waals surface area contributed by atoms with Gasteiger partial charge in [-0.3, -0.25) is 5.43 Å². The Morgan fingerprint density at radius 2 is 1.90 bits per heavy atom. The van der Waals surface area contributed by atoms with E-state index in [-0.39, 0.29) is 18.6 Å². The van der Waals surface area contributed by atoms with Gasteiger partial charge in [0, 0.05) is 18.5 Å². The van der Waals surface area contributed by atoms with E-state index in [9.17, 15) is 0 Å². The molecule has 118 valence electrons. The molecule has 6 heteroatoms. The number of nitrogens with zero attached hydrogens (tertiary/aromatic N) is 2. The van der Waals surface area contributed by atoms with Gasteiger partial charge in [0.15, 0.2) is 0 Å². The number of methoxy groups -OCH3 is 1. The van der Waals surface area contributed by atoms with Crippen LogP contribution in [-0.4, -0.2) is 37.5 Å². The molecule has 0 saturated heterocycles. The van der Waals surface area contributed by atoms with Gasteiger partial charge in [-0.25, -0.2) is 0 Å². The number of halogens is 1. The summed E-state index contributed by atoms with van der Waals surface area (Å²) in [5.41, 5.74) is 4.08.